The molecule has 1 saturated heterocycles. The average Bonchev–Trinajstić information content (AvgIpc) is 2.80. The predicted octanol–water partition coefficient (Wildman–Crippen LogP) is 0.787. The van der Waals surface area contributed by atoms with E-state index in [0.29, 0.717) is 5.17 Å². The number of amides is 1. The molecule has 1 aliphatic heterocycles. The molecule has 1 rings (SSSR count). The first-order chi connectivity index (χ1) is 7.69. The lowest BCUT2D eigenvalue weighted by atomic mass is 10.3. The SMILES string of the molecule is CSC(=NC(C)C(=O)N1CCCC1)NC#N. The van der Waals surface area contributed by atoms with Crippen LogP contribution in [0.5, 0.6) is 0 Å². The maximum absolute atomic E-state index is 11.9. The van der Waals surface area contributed by atoms with E-state index in [9.17, 15) is 4.79 Å². The summed E-state index contributed by atoms with van der Waals surface area (Å²) in [7, 11) is 0. The normalized spacial score (nSPS) is 18.1. The summed E-state index contributed by atoms with van der Waals surface area (Å²) in [6.45, 7) is 3.42. The van der Waals surface area contributed by atoms with Crippen LogP contribution in [0.3, 0.4) is 0 Å². The zero-order valence-corrected chi connectivity index (χ0v) is 10.4. The number of aliphatic imine (C=N–C) groups is 1. The Morgan fingerprint density at radius 3 is 2.69 bits per heavy atom. The van der Waals surface area contributed by atoms with Crippen molar-refractivity contribution in [2.24, 2.45) is 4.99 Å². The van der Waals surface area contributed by atoms with Gasteiger partial charge in [-0.05, 0) is 26.0 Å². The van der Waals surface area contributed by atoms with E-state index >= 15 is 0 Å². The summed E-state index contributed by atoms with van der Waals surface area (Å²) in [4.78, 5) is 17.9. The van der Waals surface area contributed by atoms with E-state index in [1.807, 2.05) is 11.2 Å². The van der Waals surface area contributed by atoms with Gasteiger partial charge in [-0.1, -0.05) is 11.8 Å². The van der Waals surface area contributed by atoms with E-state index in [-0.39, 0.29) is 5.91 Å². The molecule has 1 fully saturated rings. The second-order valence-electron chi connectivity index (χ2n) is 3.58. The summed E-state index contributed by atoms with van der Waals surface area (Å²) in [6.07, 6.45) is 5.78. The van der Waals surface area contributed by atoms with Crippen molar-refractivity contribution in [1.29, 1.82) is 5.26 Å². The number of rotatable bonds is 2. The Hall–Kier alpha value is -1.22. The maximum Gasteiger partial charge on any atom is 0.247 e. The molecule has 1 heterocycles. The van der Waals surface area contributed by atoms with Crippen molar-refractivity contribution in [3.63, 3.8) is 0 Å². The summed E-state index contributed by atoms with van der Waals surface area (Å²) in [5.74, 6) is 0.0452. The standard InChI is InChI=1S/C10H16N4OS/c1-8(13-10(16-2)12-7-11)9(15)14-5-3-4-6-14/h8H,3-6H2,1-2H3,(H,12,13). The Labute approximate surface area is 99.9 Å². The number of hydrogen-bond acceptors (Lipinski definition) is 4. The van der Waals surface area contributed by atoms with Gasteiger partial charge in [-0.15, -0.1) is 0 Å². The molecule has 88 valence electrons. The molecule has 1 aliphatic rings. The van der Waals surface area contributed by atoms with Crippen molar-refractivity contribution >= 4 is 22.8 Å². The molecule has 0 aliphatic carbocycles. The summed E-state index contributed by atoms with van der Waals surface area (Å²) in [6, 6.07) is -0.415. The summed E-state index contributed by atoms with van der Waals surface area (Å²) >= 11 is 1.33. The number of nitrogens with one attached hydrogen (secondary N) is 1. The highest BCUT2D eigenvalue weighted by molar-refractivity contribution is 8.13. The highest BCUT2D eigenvalue weighted by Gasteiger charge is 2.22. The molecule has 0 aromatic heterocycles. The maximum atomic E-state index is 11.9. The molecule has 0 bridgehead atoms. The Morgan fingerprint density at radius 2 is 2.19 bits per heavy atom. The number of thioether (sulfide) groups is 1. The zero-order valence-electron chi connectivity index (χ0n) is 9.56. The second kappa shape index (κ2) is 6.38. The molecule has 0 aromatic carbocycles. The van der Waals surface area contributed by atoms with Crippen molar-refractivity contribution < 1.29 is 4.79 Å². The van der Waals surface area contributed by atoms with Crippen LogP contribution < -0.4 is 5.32 Å². The molecule has 16 heavy (non-hydrogen) atoms. The van der Waals surface area contributed by atoms with Gasteiger partial charge in [0.05, 0.1) is 0 Å². The van der Waals surface area contributed by atoms with Crippen LogP contribution in [0.4, 0.5) is 0 Å². The number of amidine groups is 1. The van der Waals surface area contributed by atoms with E-state index in [0.717, 1.165) is 25.9 Å². The summed E-state index contributed by atoms with van der Waals surface area (Å²) < 4.78 is 0. The van der Waals surface area contributed by atoms with Gasteiger partial charge in [0.1, 0.15) is 6.04 Å². The van der Waals surface area contributed by atoms with Gasteiger partial charge >= 0.3 is 0 Å². The van der Waals surface area contributed by atoms with Gasteiger partial charge in [0.25, 0.3) is 0 Å². The van der Waals surface area contributed by atoms with Gasteiger partial charge in [0.2, 0.25) is 5.91 Å². The van der Waals surface area contributed by atoms with Gasteiger partial charge in [-0.3, -0.25) is 10.1 Å². The van der Waals surface area contributed by atoms with Crippen LogP contribution in [0, 0.1) is 11.5 Å². The largest absolute Gasteiger partial charge is 0.341 e. The lowest BCUT2D eigenvalue weighted by Gasteiger charge is -2.18. The fourth-order valence-corrected chi connectivity index (χ4v) is 2.03. The minimum Gasteiger partial charge on any atom is -0.341 e. The monoisotopic (exact) mass is 240 g/mol. The van der Waals surface area contributed by atoms with Crippen molar-refractivity contribution in [3.05, 3.63) is 0 Å². The van der Waals surface area contributed by atoms with Gasteiger partial charge in [-0.2, -0.15) is 5.26 Å². The summed E-state index contributed by atoms with van der Waals surface area (Å²) in [5.41, 5.74) is 0. The minimum absolute atomic E-state index is 0.0452. The van der Waals surface area contributed by atoms with Crippen LogP contribution in [-0.4, -0.2) is 41.4 Å². The number of carbonyl (C=O) groups is 1. The fourth-order valence-electron chi connectivity index (χ4n) is 1.62. The predicted molar refractivity (Wildman–Crippen MR) is 65.0 cm³/mol. The number of nitriles is 1. The van der Waals surface area contributed by atoms with Crippen molar-refractivity contribution in [3.8, 4) is 6.19 Å². The Kier molecular flexibility index (Phi) is 5.12. The Bertz CT molecular complexity index is 317. The Morgan fingerprint density at radius 1 is 1.56 bits per heavy atom. The second-order valence-corrected chi connectivity index (χ2v) is 4.38. The van der Waals surface area contributed by atoms with E-state index in [2.05, 4.69) is 10.3 Å². The third kappa shape index (κ3) is 3.42. The highest BCUT2D eigenvalue weighted by Crippen LogP contribution is 2.11. The lowest BCUT2D eigenvalue weighted by molar-refractivity contribution is -0.131. The van der Waals surface area contributed by atoms with E-state index in [4.69, 9.17) is 5.26 Å². The zero-order chi connectivity index (χ0) is 12.0. The van der Waals surface area contributed by atoms with Crippen molar-refractivity contribution in [1.82, 2.24) is 10.2 Å². The van der Waals surface area contributed by atoms with E-state index < -0.39 is 6.04 Å². The number of likely N-dealkylation sites (tertiary alicyclic amines) is 1. The molecule has 6 heteroatoms. The fraction of sp³-hybridized carbons (Fsp3) is 0.700. The van der Waals surface area contributed by atoms with E-state index in [1.165, 1.54) is 11.8 Å². The van der Waals surface area contributed by atoms with Crippen LogP contribution in [0.1, 0.15) is 19.8 Å². The smallest absolute Gasteiger partial charge is 0.247 e. The van der Waals surface area contributed by atoms with Gasteiger partial charge < -0.3 is 4.90 Å². The Balaban J connectivity index is 2.58. The van der Waals surface area contributed by atoms with Crippen molar-refractivity contribution in [2.75, 3.05) is 19.3 Å². The van der Waals surface area contributed by atoms with Crippen LogP contribution in [0.25, 0.3) is 0 Å². The number of carbonyl (C=O) groups excluding carboxylic acids is 1. The molecule has 1 unspecified atom stereocenters. The minimum atomic E-state index is -0.415. The number of hydrogen-bond donors (Lipinski definition) is 1. The van der Waals surface area contributed by atoms with Crippen LogP contribution >= 0.6 is 11.8 Å². The molecule has 0 radical (unpaired) electrons. The van der Waals surface area contributed by atoms with Crippen LogP contribution in [0.2, 0.25) is 0 Å². The molecule has 5 nitrogen and oxygen atoms in total. The third-order valence-electron chi connectivity index (χ3n) is 2.44. The molecule has 1 amide bonds. The summed E-state index contributed by atoms with van der Waals surface area (Å²) in [5, 5.41) is 11.4. The van der Waals surface area contributed by atoms with Crippen LogP contribution in [0.15, 0.2) is 4.99 Å². The first-order valence-corrected chi connectivity index (χ1v) is 6.47. The van der Waals surface area contributed by atoms with Crippen LogP contribution in [-0.2, 0) is 4.79 Å². The molecular weight excluding hydrogens is 224 g/mol. The molecule has 0 aromatic rings. The molecule has 1 atom stereocenters. The topological polar surface area (TPSA) is 68.5 Å². The first-order valence-electron chi connectivity index (χ1n) is 5.24. The van der Waals surface area contributed by atoms with Gasteiger partial charge in [0.15, 0.2) is 11.4 Å². The van der Waals surface area contributed by atoms with Gasteiger partial charge in [0, 0.05) is 13.1 Å². The van der Waals surface area contributed by atoms with E-state index in [1.54, 1.807) is 13.1 Å². The molecular formula is C10H16N4OS. The quantitative estimate of drug-likeness (QED) is 0.335. The average molecular weight is 240 g/mol. The van der Waals surface area contributed by atoms with Crippen molar-refractivity contribution in [2.45, 2.75) is 25.8 Å². The third-order valence-corrected chi connectivity index (χ3v) is 3.04. The van der Waals surface area contributed by atoms with Gasteiger partial charge in [-0.25, -0.2) is 4.99 Å². The first kappa shape index (κ1) is 12.8. The molecule has 1 N–H and O–H groups in total. The molecule has 0 spiro atoms. The molecule has 0 saturated carbocycles. The lowest BCUT2D eigenvalue weighted by Crippen LogP contribution is -2.35. The highest BCUT2D eigenvalue weighted by atomic mass is 32.2. The number of nitrogens with zero attached hydrogens (tertiary/aromatic N) is 3.